The van der Waals surface area contributed by atoms with Crippen molar-refractivity contribution in [1.82, 2.24) is 4.31 Å². The van der Waals surface area contributed by atoms with Crippen LogP contribution >= 0.6 is 11.3 Å². The van der Waals surface area contributed by atoms with Gasteiger partial charge in [0.05, 0.1) is 0 Å². The van der Waals surface area contributed by atoms with E-state index in [1.165, 1.54) is 15.6 Å². The standard InChI is InChI=1S/C11H20N2O2S2/c1-4-5-6-13(3)17(14,15)11-9(2)8-16-10(11)7-12/h8H,4-7,12H2,1-3H3. The second-order valence-electron chi connectivity index (χ2n) is 4.06. The van der Waals surface area contributed by atoms with Gasteiger partial charge in [0, 0.05) is 25.0 Å². The molecule has 6 heteroatoms. The van der Waals surface area contributed by atoms with E-state index in [4.69, 9.17) is 5.73 Å². The van der Waals surface area contributed by atoms with Crippen LogP contribution in [0.1, 0.15) is 30.2 Å². The first-order valence-electron chi connectivity index (χ1n) is 5.68. The van der Waals surface area contributed by atoms with Crippen molar-refractivity contribution in [2.45, 2.75) is 38.1 Å². The highest BCUT2D eigenvalue weighted by molar-refractivity contribution is 7.89. The first kappa shape index (κ1) is 14.6. The molecule has 0 aliphatic heterocycles. The van der Waals surface area contributed by atoms with Gasteiger partial charge >= 0.3 is 0 Å². The summed E-state index contributed by atoms with van der Waals surface area (Å²) in [5.41, 5.74) is 6.38. The Bertz CT molecular complexity index is 466. The van der Waals surface area contributed by atoms with Gasteiger partial charge in [0.1, 0.15) is 4.90 Å². The van der Waals surface area contributed by atoms with Gasteiger partial charge in [0.2, 0.25) is 10.0 Å². The highest BCUT2D eigenvalue weighted by atomic mass is 32.2. The van der Waals surface area contributed by atoms with Crippen LogP contribution in [0, 0.1) is 6.92 Å². The third-order valence-corrected chi connectivity index (χ3v) is 6.01. The molecule has 0 saturated heterocycles. The van der Waals surface area contributed by atoms with Crippen molar-refractivity contribution in [3.63, 3.8) is 0 Å². The van der Waals surface area contributed by atoms with Crippen molar-refractivity contribution < 1.29 is 8.42 Å². The Morgan fingerprint density at radius 2 is 2.12 bits per heavy atom. The van der Waals surface area contributed by atoms with Crippen molar-refractivity contribution in [2.24, 2.45) is 5.73 Å². The lowest BCUT2D eigenvalue weighted by atomic mass is 10.3. The molecule has 0 aromatic carbocycles. The van der Waals surface area contributed by atoms with Crippen molar-refractivity contribution in [3.05, 3.63) is 15.8 Å². The molecule has 1 rings (SSSR count). The van der Waals surface area contributed by atoms with Crippen LogP contribution in [-0.4, -0.2) is 26.3 Å². The minimum atomic E-state index is -3.38. The largest absolute Gasteiger partial charge is 0.326 e. The van der Waals surface area contributed by atoms with Crippen LogP contribution in [0.25, 0.3) is 0 Å². The quantitative estimate of drug-likeness (QED) is 0.863. The second kappa shape index (κ2) is 5.95. The molecule has 0 amide bonds. The smallest absolute Gasteiger partial charge is 0.244 e. The average molecular weight is 276 g/mol. The average Bonchev–Trinajstić information content (AvgIpc) is 2.67. The molecule has 0 aliphatic rings. The molecule has 0 saturated carbocycles. The number of nitrogens with two attached hydrogens (primary N) is 1. The molecule has 1 aromatic rings. The molecule has 4 nitrogen and oxygen atoms in total. The van der Waals surface area contributed by atoms with Gasteiger partial charge in [0.25, 0.3) is 0 Å². The third-order valence-electron chi connectivity index (χ3n) is 2.67. The number of nitrogens with zero attached hydrogens (tertiary/aromatic N) is 1. The molecule has 0 spiro atoms. The summed E-state index contributed by atoms with van der Waals surface area (Å²) in [4.78, 5) is 1.15. The predicted octanol–water partition coefficient (Wildman–Crippen LogP) is 1.94. The van der Waals surface area contributed by atoms with E-state index in [2.05, 4.69) is 0 Å². The monoisotopic (exact) mass is 276 g/mol. The molecule has 0 atom stereocenters. The number of rotatable bonds is 6. The lowest BCUT2D eigenvalue weighted by molar-refractivity contribution is 0.458. The van der Waals surface area contributed by atoms with Gasteiger partial charge in [-0.15, -0.1) is 11.3 Å². The van der Waals surface area contributed by atoms with Crippen molar-refractivity contribution in [1.29, 1.82) is 0 Å². The van der Waals surface area contributed by atoms with E-state index >= 15 is 0 Å². The number of unbranched alkanes of at least 4 members (excludes halogenated alkanes) is 1. The Morgan fingerprint density at radius 3 is 2.65 bits per heavy atom. The molecule has 98 valence electrons. The van der Waals surface area contributed by atoms with Crippen LogP contribution in [0.4, 0.5) is 0 Å². The van der Waals surface area contributed by atoms with Gasteiger partial charge in [-0.1, -0.05) is 13.3 Å². The fraction of sp³-hybridized carbons (Fsp3) is 0.636. The molecule has 17 heavy (non-hydrogen) atoms. The van der Waals surface area contributed by atoms with E-state index in [0.29, 0.717) is 11.4 Å². The Hall–Kier alpha value is -0.430. The van der Waals surface area contributed by atoms with E-state index in [9.17, 15) is 8.42 Å². The Morgan fingerprint density at radius 1 is 1.47 bits per heavy atom. The van der Waals surface area contributed by atoms with Crippen LogP contribution in [0.3, 0.4) is 0 Å². The Balaban J connectivity index is 3.08. The highest BCUT2D eigenvalue weighted by Gasteiger charge is 2.26. The maximum absolute atomic E-state index is 12.4. The van der Waals surface area contributed by atoms with Crippen molar-refractivity contribution in [2.75, 3.05) is 13.6 Å². The Labute approximate surface area is 107 Å². The fourth-order valence-corrected chi connectivity index (χ4v) is 4.49. The van der Waals surface area contributed by atoms with Crippen LogP contribution in [0.15, 0.2) is 10.3 Å². The number of sulfonamides is 1. The number of aryl methyl sites for hydroxylation is 1. The molecule has 0 bridgehead atoms. The van der Waals surface area contributed by atoms with Gasteiger partial charge in [-0.2, -0.15) is 0 Å². The van der Waals surface area contributed by atoms with Crippen LogP contribution < -0.4 is 5.73 Å². The maximum Gasteiger partial charge on any atom is 0.244 e. The molecule has 0 unspecified atom stereocenters. The summed E-state index contributed by atoms with van der Waals surface area (Å²) in [6.07, 6.45) is 1.85. The lowest BCUT2D eigenvalue weighted by Gasteiger charge is -2.17. The molecular weight excluding hydrogens is 256 g/mol. The SMILES string of the molecule is CCCCN(C)S(=O)(=O)c1c(C)csc1CN. The first-order valence-corrected chi connectivity index (χ1v) is 8.00. The maximum atomic E-state index is 12.4. The van der Waals surface area contributed by atoms with Gasteiger partial charge < -0.3 is 5.73 Å². The zero-order valence-corrected chi connectivity index (χ0v) is 12.2. The summed E-state index contributed by atoms with van der Waals surface area (Å²) >= 11 is 1.41. The van der Waals surface area contributed by atoms with Crippen LogP contribution in [0.5, 0.6) is 0 Å². The van der Waals surface area contributed by atoms with Crippen molar-refractivity contribution >= 4 is 21.4 Å². The van der Waals surface area contributed by atoms with E-state index in [0.717, 1.165) is 23.3 Å². The Kier molecular flexibility index (Phi) is 5.12. The van der Waals surface area contributed by atoms with E-state index in [1.807, 2.05) is 19.2 Å². The fourth-order valence-electron chi connectivity index (χ4n) is 1.63. The summed E-state index contributed by atoms with van der Waals surface area (Å²) in [5.74, 6) is 0. The molecule has 1 heterocycles. The second-order valence-corrected chi connectivity index (χ2v) is 7.00. The molecule has 0 aliphatic carbocycles. The number of hydrogen-bond donors (Lipinski definition) is 1. The molecular formula is C11H20N2O2S2. The number of thiophene rings is 1. The van der Waals surface area contributed by atoms with Gasteiger partial charge in [-0.05, 0) is 24.3 Å². The lowest BCUT2D eigenvalue weighted by Crippen LogP contribution is -2.29. The number of hydrogen-bond acceptors (Lipinski definition) is 4. The normalized spacial score (nSPS) is 12.3. The molecule has 0 radical (unpaired) electrons. The summed E-state index contributed by atoms with van der Waals surface area (Å²) < 4.78 is 26.2. The molecule has 1 aromatic heterocycles. The van der Waals surface area contributed by atoms with E-state index in [1.54, 1.807) is 7.05 Å². The minimum absolute atomic E-state index is 0.273. The van der Waals surface area contributed by atoms with Crippen molar-refractivity contribution in [3.8, 4) is 0 Å². The molecule has 2 N–H and O–H groups in total. The third kappa shape index (κ3) is 3.07. The summed E-state index contributed by atoms with van der Waals surface area (Å²) in [7, 11) is -1.75. The van der Waals surface area contributed by atoms with E-state index < -0.39 is 10.0 Å². The van der Waals surface area contributed by atoms with Gasteiger partial charge in [-0.25, -0.2) is 12.7 Å². The topological polar surface area (TPSA) is 63.4 Å². The summed E-state index contributed by atoms with van der Waals surface area (Å²) in [6, 6.07) is 0. The summed E-state index contributed by atoms with van der Waals surface area (Å²) in [5, 5.41) is 1.85. The first-order chi connectivity index (χ1) is 7.95. The van der Waals surface area contributed by atoms with E-state index in [-0.39, 0.29) is 6.54 Å². The summed E-state index contributed by atoms with van der Waals surface area (Å²) in [6.45, 7) is 4.69. The zero-order valence-electron chi connectivity index (χ0n) is 10.6. The van der Waals surface area contributed by atoms with Gasteiger partial charge in [0.15, 0.2) is 0 Å². The van der Waals surface area contributed by atoms with Crippen LogP contribution in [0.2, 0.25) is 0 Å². The highest BCUT2D eigenvalue weighted by Crippen LogP contribution is 2.28. The minimum Gasteiger partial charge on any atom is -0.326 e. The molecule has 0 fully saturated rings. The van der Waals surface area contributed by atoms with Gasteiger partial charge in [-0.3, -0.25) is 0 Å². The zero-order chi connectivity index (χ0) is 13.1. The predicted molar refractivity (Wildman–Crippen MR) is 71.7 cm³/mol. The van der Waals surface area contributed by atoms with Crippen LogP contribution in [-0.2, 0) is 16.6 Å².